The van der Waals surface area contributed by atoms with Gasteiger partial charge in [0.15, 0.2) is 0 Å². The van der Waals surface area contributed by atoms with Crippen molar-refractivity contribution in [2.24, 2.45) is 17.8 Å². The molecule has 1 fully saturated rings. The molecule has 2 aliphatic rings. The van der Waals surface area contributed by atoms with Crippen molar-refractivity contribution in [3.05, 3.63) is 24.3 Å². The Balaban J connectivity index is 2.28. The highest BCUT2D eigenvalue weighted by Gasteiger charge is 2.56. The van der Waals surface area contributed by atoms with E-state index in [2.05, 4.69) is 0 Å². The van der Waals surface area contributed by atoms with Gasteiger partial charge in [0.2, 0.25) is 5.91 Å². The third-order valence-electron chi connectivity index (χ3n) is 3.77. The molecule has 1 aliphatic carbocycles. The van der Waals surface area contributed by atoms with Gasteiger partial charge in [-0.3, -0.25) is 9.59 Å². The molecule has 1 amide bonds. The first-order valence-electron chi connectivity index (χ1n) is 5.77. The van der Waals surface area contributed by atoms with E-state index in [1.807, 2.05) is 25.2 Å². The second-order valence-electron chi connectivity index (χ2n) is 4.53. The van der Waals surface area contributed by atoms with E-state index in [9.17, 15) is 9.59 Å². The summed E-state index contributed by atoms with van der Waals surface area (Å²) in [5.74, 6) is -0.134. The fraction of sp³-hybridized carbons (Fsp3) is 0.538. The standard InChI is InChI=1S/C13H17NO3/c1-4-5-8-9-6-7-10(15)14(2)12(9)11(8)13(16)17-3/h4-9,11-12H,1-3H3/b5-4+/t8-,9+,11+,12+/m1/s1. The van der Waals surface area contributed by atoms with Crippen LogP contribution in [0, 0.1) is 17.8 Å². The van der Waals surface area contributed by atoms with Crippen LogP contribution >= 0.6 is 0 Å². The van der Waals surface area contributed by atoms with E-state index in [0.717, 1.165) is 0 Å². The van der Waals surface area contributed by atoms with Gasteiger partial charge in [-0.25, -0.2) is 0 Å². The maximum atomic E-state index is 11.8. The van der Waals surface area contributed by atoms with Crippen LogP contribution in [0.25, 0.3) is 0 Å². The van der Waals surface area contributed by atoms with Gasteiger partial charge >= 0.3 is 5.97 Å². The van der Waals surface area contributed by atoms with Crippen molar-refractivity contribution in [3.63, 3.8) is 0 Å². The van der Waals surface area contributed by atoms with Gasteiger partial charge in [0, 0.05) is 18.9 Å². The van der Waals surface area contributed by atoms with Crippen LogP contribution in [0.15, 0.2) is 24.3 Å². The van der Waals surface area contributed by atoms with E-state index >= 15 is 0 Å². The largest absolute Gasteiger partial charge is 0.469 e. The molecule has 0 spiro atoms. The fourth-order valence-corrected chi connectivity index (χ4v) is 2.89. The lowest BCUT2D eigenvalue weighted by Gasteiger charge is -2.53. The number of fused-ring (bicyclic) bond motifs is 1. The van der Waals surface area contributed by atoms with Gasteiger partial charge in [0.25, 0.3) is 0 Å². The number of methoxy groups -OCH3 is 1. The van der Waals surface area contributed by atoms with Gasteiger partial charge in [0.1, 0.15) is 0 Å². The molecular formula is C13H17NO3. The lowest BCUT2D eigenvalue weighted by atomic mass is 9.58. The maximum absolute atomic E-state index is 11.8. The molecule has 4 atom stereocenters. The summed E-state index contributed by atoms with van der Waals surface area (Å²) in [5, 5.41) is 0. The summed E-state index contributed by atoms with van der Waals surface area (Å²) in [6.45, 7) is 1.93. The Morgan fingerprint density at radius 1 is 1.53 bits per heavy atom. The van der Waals surface area contributed by atoms with Crippen molar-refractivity contribution in [3.8, 4) is 0 Å². The van der Waals surface area contributed by atoms with Gasteiger partial charge in [-0.2, -0.15) is 0 Å². The summed E-state index contributed by atoms with van der Waals surface area (Å²) in [4.78, 5) is 25.0. The van der Waals surface area contributed by atoms with Gasteiger partial charge < -0.3 is 9.64 Å². The van der Waals surface area contributed by atoms with Crippen LogP contribution in [0.2, 0.25) is 0 Å². The third-order valence-corrected chi connectivity index (χ3v) is 3.77. The van der Waals surface area contributed by atoms with E-state index in [1.54, 1.807) is 18.0 Å². The molecule has 0 aromatic heterocycles. The number of hydrogen-bond acceptors (Lipinski definition) is 3. The number of carbonyl (C=O) groups excluding carboxylic acids is 2. The Kier molecular flexibility index (Phi) is 3.05. The molecule has 17 heavy (non-hydrogen) atoms. The first-order valence-corrected chi connectivity index (χ1v) is 5.77. The van der Waals surface area contributed by atoms with Crippen molar-refractivity contribution < 1.29 is 14.3 Å². The molecule has 0 saturated heterocycles. The van der Waals surface area contributed by atoms with Gasteiger partial charge in [-0.05, 0) is 13.0 Å². The molecule has 4 nitrogen and oxygen atoms in total. The first-order chi connectivity index (χ1) is 8.11. The molecular weight excluding hydrogens is 218 g/mol. The molecule has 1 heterocycles. The Morgan fingerprint density at radius 3 is 2.82 bits per heavy atom. The smallest absolute Gasteiger partial charge is 0.311 e. The summed E-state index contributed by atoms with van der Waals surface area (Å²) >= 11 is 0. The highest BCUT2D eigenvalue weighted by molar-refractivity contribution is 5.90. The monoisotopic (exact) mass is 235 g/mol. The van der Waals surface area contributed by atoms with E-state index in [-0.39, 0.29) is 35.7 Å². The number of esters is 1. The number of amides is 1. The zero-order valence-corrected chi connectivity index (χ0v) is 10.3. The topological polar surface area (TPSA) is 46.6 Å². The van der Waals surface area contributed by atoms with Gasteiger partial charge in [-0.1, -0.05) is 18.2 Å². The summed E-state index contributed by atoms with van der Waals surface area (Å²) < 4.78 is 4.83. The first kappa shape index (κ1) is 11.9. The number of likely N-dealkylation sites (N-methyl/N-ethyl adjacent to an activating group) is 1. The van der Waals surface area contributed by atoms with E-state index in [4.69, 9.17) is 4.74 Å². The zero-order valence-electron chi connectivity index (χ0n) is 10.3. The van der Waals surface area contributed by atoms with Crippen LogP contribution in [0.1, 0.15) is 6.92 Å². The third kappa shape index (κ3) is 1.68. The molecule has 0 aromatic rings. The number of carbonyl (C=O) groups is 2. The lowest BCUT2D eigenvalue weighted by molar-refractivity contribution is -0.162. The molecule has 0 unspecified atom stereocenters. The summed E-state index contributed by atoms with van der Waals surface area (Å²) in [6.07, 6.45) is 7.47. The Bertz CT molecular complexity index is 399. The van der Waals surface area contributed by atoms with E-state index in [0.29, 0.717) is 0 Å². The maximum Gasteiger partial charge on any atom is 0.311 e. The Hall–Kier alpha value is -1.58. The summed E-state index contributed by atoms with van der Waals surface area (Å²) in [7, 11) is 3.13. The van der Waals surface area contributed by atoms with Crippen molar-refractivity contribution >= 4 is 11.9 Å². The van der Waals surface area contributed by atoms with Gasteiger partial charge in [-0.15, -0.1) is 0 Å². The zero-order chi connectivity index (χ0) is 12.6. The van der Waals surface area contributed by atoms with Crippen LogP contribution in [-0.2, 0) is 14.3 Å². The molecule has 2 rings (SSSR count). The van der Waals surface area contributed by atoms with E-state index < -0.39 is 0 Å². The van der Waals surface area contributed by atoms with Crippen molar-refractivity contribution in [2.45, 2.75) is 13.0 Å². The second kappa shape index (κ2) is 4.35. The fourth-order valence-electron chi connectivity index (χ4n) is 2.89. The van der Waals surface area contributed by atoms with Crippen molar-refractivity contribution in [1.82, 2.24) is 4.90 Å². The number of hydrogen-bond donors (Lipinski definition) is 0. The van der Waals surface area contributed by atoms with E-state index in [1.165, 1.54) is 7.11 Å². The van der Waals surface area contributed by atoms with Crippen LogP contribution in [-0.4, -0.2) is 37.0 Å². The minimum atomic E-state index is -0.236. The molecule has 4 heteroatoms. The number of nitrogens with zero attached hydrogens (tertiary/aromatic N) is 1. The van der Waals surface area contributed by atoms with Gasteiger partial charge in [0.05, 0.1) is 19.1 Å². The molecule has 0 aromatic carbocycles. The molecule has 1 saturated carbocycles. The van der Waals surface area contributed by atoms with Crippen LogP contribution in [0.3, 0.4) is 0 Å². The SMILES string of the molecule is C/C=C/[C@@H]1[C@@H]2C=CC(=O)N(C)[C@@H]2[C@H]1C(=O)OC. The second-order valence-corrected chi connectivity index (χ2v) is 4.53. The highest BCUT2D eigenvalue weighted by atomic mass is 16.5. The molecule has 92 valence electrons. The predicted octanol–water partition coefficient (Wildman–Crippen LogP) is 0.994. The average Bonchev–Trinajstić information content (AvgIpc) is 2.31. The van der Waals surface area contributed by atoms with Crippen LogP contribution in [0.4, 0.5) is 0 Å². The predicted molar refractivity (Wildman–Crippen MR) is 63.0 cm³/mol. The minimum Gasteiger partial charge on any atom is -0.469 e. The average molecular weight is 235 g/mol. The number of ether oxygens (including phenoxy) is 1. The Labute approximate surface area is 101 Å². The number of allylic oxidation sites excluding steroid dienone is 2. The minimum absolute atomic E-state index is 0.0425. The lowest BCUT2D eigenvalue weighted by Crippen LogP contribution is -2.63. The number of rotatable bonds is 2. The quantitative estimate of drug-likeness (QED) is 0.530. The summed E-state index contributed by atoms with van der Waals surface area (Å²) in [6, 6.07) is -0.0545. The Morgan fingerprint density at radius 2 is 2.24 bits per heavy atom. The molecule has 0 radical (unpaired) electrons. The normalized spacial score (nSPS) is 35.7. The van der Waals surface area contributed by atoms with Crippen LogP contribution < -0.4 is 0 Å². The highest BCUT2D eigenvalue weighted by Crippen LogP contribution is 2.47. The van der Waals surface area contributed by atoms with Crippen molar-refractivity contribution in [2.75, 3.05) is 14.2 Å². The van der Waals surface area contributed by atoms with Crippen molar-refractivity contribution in [1.29, 1.82) is 0 Å². The van der Waals surface area contributed by atoms with Crippen LogP contribution in [0.5, 0.6) is 0 Å². The molecule has 1 aliphatic heterocycles. The molecule has 0 bridgehead atoms. The summed E-state index contributed by atoms with van der Waals surface area (Å²) in [5.41, 5.74) is 0. The molecule has 0 N–H and O–H groups in total.